The highest BCUT2D eigenvalue weighted by Gasteiger charge is 2.31. The Balaban J connectivity index is 1.77. The molecule has 1 unspecified atom stereocenters. The minimum Gasteiger partial charge on any atom is -0.377 e. The maximum Gasteiger partial charge on any atom is 0.252 e. The minimum absolute atomic E-state index is 0.0331. The number of benzene rings is 1. The maximum absolute atomic E-state index is 13.0. The zero-order valence-corrected chi connectivity index (χ0v) is 16.9. The van der Waals surface area contributed by atoms with Gasteiger partial charge in [-0.25, -0.2) is 8.42 Å². The fourth-order valence-electron chi connectivity index (χ4n) is 3.08. The molecule has 1 amide bonds. The third kappa shape index (κ3) is 4.57. The Bertz CT molecular complexity index is 891. The lowest BCUT2D eigenvalue weighted by molar-refractivity contribution is 0.0194. The van der Waals surface area contributed by atoms with Crippen LogP contribution in [0.25, 0.3) is 10.4 Å². The van der Waals surface area contributed by atoms with Gasteiger partial charge in [-0.3, -0.25) is 4.79 Å². The van der Waals surface area contributed by atoms with Crippen molar-refractivity contribution in [3.8, 4) is 10.4 Å². The molecule has 0 saturated carbocycles. The number of rotatable bonds is 7. The van der Waals surface area contributed by atoms with Crippen molar-refractivity contribution < 1.29 is 17.9 Å². The molecule has 1 fully saturated rings. The molecule has 1 atom stereocenters. The molecular weight excluding hydrogens is 384 g/mol. The van der Waals surface area contributed by atoms with Gasteiger partial charge in [0.2, 0.25) is 5.91 Å². The molecule has 2 aromatic rings. The van der Waals surface area contributed by atoms with Crippen molar-refractivity contribution in [2.45, 2.75) is 36.5 Å². The van der Waals surface area contributed by atoms with E-state index in [9.17, 15) is 13.2 Å². The molecule has 0 aliphatic carbocycles. The first kappa shape index (κ1) is 20.0. The number of hydrogen-bond donors (Lipinski definition) is 1. The van der Waals surface area contributed by atoms with Gasteiger partial charge in [0.15, 0.2) is 0 Å². The van der Waals surface area contributed by atoms with Gasteiger partial charge in [0.25, 0.3) is 10.0 Å². The highest BCUT2D eigenvalue weighted by Crippen LogP contribution is 2.33. The van der Waals surface area contributed by atoms with Crippen LogP contribution >= 0.6 is 11.3 Å². The summed E-state index contributed by atoms with van der Waals surface area (Å²) < 4.78 is 33.6. The van der Waals surface area contributed by atoms with Crippen molar-refractivity contribution in [3.63, 3.8) is 0 Å². The lowest BCUT2D eigenvalue weighted by Crippen LogP contribution is -2.43. The van der Waals surface area contributed by atoms with E-state index in [2.05, 4.69) is 0 Å². The molecule has 0 spiro atoms. The van der Waals surface area contributed by atoms with E-state index < -0.39 is 15.9 Å². The standard InChI is InChI=1S/C19H24N2O4S2/c1-2-12-25-16-4-3-11-21(13-16)27(23,24)18-10-9-17(26-18)14-5-7-15(8-6-14)19(20)22/h5-10,16H,2-4,11-13H2,1H3,(H2,20,22). The van der Waals surface area contributed by atoms with Gasteiger partial charge in [0.1, 0.15) is 4.21 Å². The minimum atomic E-state index is -3.53. The van der Waals surface area contributed by atoms with Gasteiger partial charge in [-0.15, -0.1) is 11.3 Å². The monoisotopic (exact) mass is 408 g/mol. The fourth-order valence-corrected chi connectivity index (χ4v) is 6.06. The topological polar surface area (TPSA) is 89.7 Å². The van der Waals surface area contributed by atoms with E-state index in [1.165, 1.54) is 15.6 Å². The van der Waals surface area contributed by atoms with Gasteiger partial charge >= 0.3 is 0 Å². The summed E-state index contributed by atoms with van der Waals surface area (Å²) in [6.07, 6.45) is 2.59. The number of hydrogen-bond acceptors (Lipinski definition) is 5. The number of sulfonamides is 1. The van der Waals surface area contributed by atoms with Gasteiger partial charge in [0.05, 0.1) is 6.10 Å². The van der Waals surface area contributed by atoms with E-state index in [0.717, 1.165) is 29.7 Å². The first-order chi connectivity index (χ1) is 12.9. The first-order valence-corrected chi connectivity index (χ1v) is 11.3. The molecule has 0 bridgehead atoms. The van der Waals surface area contributed by atoms with Crippen LogP contribution in [0.5, 0.6) is 0 Å². The summed E-state index contributed by atoms with van der Waals surface area (Å²) in [6.45, 7) is 3.63. The number of carbonyl (C=O) groups is 1. The number of thiophene rings is 1. The Morgan fingerprint density at radius 1 is 1.26 bits per heavy atom. The average molecular weight is 409 g/mol. The molecule has 2 N–H and O–H groups in total. The van der Waals surface area contributed by atoms with Crippen LogP contribution < -0.4 is 5.73 Å². The molecule has 6 nitrogen and oxygen atoms in total. The van der Waals surface area contributed by atoms with E-state index in [1.54, 1.807) is 36.4 Å². The van der Waals surface area contributed by atoms with Crippen LogP contribution in [-0.2, 0) is 14.8 Å². The predicted molar refractivity (Wildman–Crippen MR) is 106 cm³/mol. The number of nitrogens with zero attached hydrogens (tertiary/aromatic N) is 1. The number of primary amides is 1. The van der Waals surface area contributed by atoms with Crippen LogP contribution in [0.1, 0.15) is 36.5 Å². The zero-order valence-electron chi connectivity index (χ0n) is 15.3. The Morgan fingerprint density at radius 2 is 2.00 bits per heavy atom. The number of amides is 1. The zero-order chi connectivity index (χ0) is 19.4. The lowest BCUT2D eigenvalue weighted by atomic mass is 10.1. The van der Waals surface area contributed by atoms with E-state index >= 15 is 0 Å². The van der Waals surface area contributed by atoms with Crippen LogP contribution in [0, 0.1) is 0 Å². The normalized spacial score (nSPS) is 18.5. The molecule has 1 aromatic carbocycles. The third-order valence-corrected chi connectivity index (χ3v) is 7.99. The Kier molecular flexibility index (Phi) is 6.31. The molecule has 8 heteroatoms. The van der Waals surface area contributed by atoms with Gasteiger partial charge in [0, 0.05) is 30.1 Å². The molecule has 3 rings (SSSR count). The Labute approximate surface area is 164 Å². The van der Waals surface area contributed by atoms with Gasteiger partial charge in [-0.05, 0) is 49.1 Å². The van der Waals surface area contributed by atoms with E-state index in [1.807, 2.05) is 6.92 Å². The van der Waals surface area contributed by atoms with Crippen molar-refractivity contribution in [2.24, 2.45) is 5.73 Å². The average Bonchev–Trinajstić information content (AvgIpc) is 3.18. The fraction of sp³-hybridized carbons (Fsp3) is 0.421. The number of piperidine rings is 1. The van der Waals surface area contributed by atoms with Crippen LogP contribution in [0.3, 0.4) is 0 Å². The van der Waals surface area contributed by atoms with E-state index in [4.69, 9.17) is 10.5 Å². The molecule has 27 heavy (non-hydrogen) atoms. The van der Waals surface area contributed by atoms with Gasteiger partial charge < -0.3 is 10.5 Å². The summed E-state index contributed by atoms with van der Waals surface area (Å²) in [5.74, 6) is -0.485. The van der Waals surface area contributed by atoms with Crippen LogP contribution in [0.4, 0.5) is 0 Å². The molecule has 1 aromatic heterocycles. The smallest absolute Gasteiger partial charge is 0.252 e. The molecular formula is C19H24N2O4S2. The van der Waals surface area contributed by atoms with Crippen molar-refractivity contribution in [3.05, 3.63) is 42.0 Å². The van der Waals surface area contributed by atoms with Crippen molar-refractivity contribution >= 4 is 27.3 Å². The third-order valence-electron chi connectivity index (χ3n) is 4.53. The van der Waals surface area contributed by atoms with Gasteiger partial charge in [-0.1, -0.05) is 19.1 Å². The highest BCUT2D eigenvalue weighted by molar-refractivity contribution is 7.91. The summed E-state index contributed by atoms with van der Waals surface area (Å²) in [6, 6.07) is 10.3. The second kappa shape index (κ2) is 8.52. The summed E-state index contributed by atoms with van der Waals surface area (Å²) >= 11 is 1.23. The summed E-state index contributed by atoms with van der Waals surface area (Å²) in [4.78, 5) is 12.0. The number of carbonyl (C=O) groups excluding carboxylic acids is 1. The van der Waals surface area contributed by atoms with Crippen LogP contribution in [0.15, 0.2) is 40.6 Å². The van der Waals surface area contributed by atoms with Crippen LogP contribution in [-0.4, -0.2) is 44.4 Å². The first-order valence-electron chi connectivity index (χ1n) is 9.03. The number of ether oxygens (including phenoxy) is 1. The lowest BCUT2D eigenvalue weighted by Gasteiger charge is -2.31. The quantitative estimate of drug-likeness (QED) is 0.762. The SMILES string of the molecule is CCCOC1CCCN(S(=O)(=O)c2ccc(-c3ccc(C(N)=O)cc3)s2)C1. The molecule has 1 aliphatic rings. The van der Waals surface area contributed by atoms with Crippen LogP contribution in [0.2, 0.25) is 0 Å². The summed E-state index contributed by atoms with van der Waals surface area (Å²) in [5.41, 5.74) is 6.54. The molecule has 146 valence electrons. The second-order valence-corrected chi connectivity index (χ2v) is 9.81. The van der Waals surface area contributed by atoms with E-state index in [-0.39, 0.29) is 6.10 Å². The van der Waals surface area contributed by atoms with E-state index in [0.29, 0.717) is 29.5 Å². The second-order valence-electron chi connectivity index (χ2n) is 6.56. The Morgan fingerprint density at radius 3 is 2.67 bits per heavy atom. The molecule has 2 heterocycles. The number of nitrogens with two attached hydrogens (primary N) is 1. The predicted octanol–water partition coefficient (Wildman–Crippen LogP) is 3.09. The molecule has 0 radical (unpaired) electrons. The maximum atomic E-state index is 13.0. The summed E-state index contributed by atoms with van der Waals surface area (Å²) in [7, 11) is -3.53. The van der Waals surface area contributed by atoms with Crippen molar-refractivity contribution in [2.75, 3.05) is 19.7 Å². The molecule has 1 aliphatic heterocycles. The molecule has 1 saturated heterocycles. The van der Waals surface area contributed by atoms with Crippen molar-refractivity contribution in [1.29, 1.82) is 0 Å². The highest BCUT2D eigenvalue weighted by atomic mass is 32.2. The van der Waals surface area contributed by atoms with Crippen molar-refractivity contribution in [1.82, 2.24) is 4.31 Å². The Hall–Kier alpha value is -1.74. The largest absolute Gasteiger partial charge is 0.377 e. The summed E-state index contributed by atoms with van der Waals surface area (Å²) in [5, 5.41) is 0. The van der Waals surface area contributed by atoms with Gasteiger partial charge in [-0.2, -0.15) is 4.31 Å².